The summed E-state index contributed by atoms with van der Waals surface area (Å²) in [5, 5.41) is 0. The van der Waals surface area contributed by atoms with Gasteiger partial charge in [0, 0.05) is 24.8 Å². The fourth-order valence-corrected chi connectivity index (χ4v) is 1.45. The molecule has 3 rings (SSSR count). The average Bonchev–Trinajstić information content (AvgIpc) is 2.80. The monoisotopic (exact) mass is 196 g/mol. The highest BCUT2D eigenvalue weighted by atomic mass is 14.7. The minimum Gasteiger partial charge on any atom is -0.262 e. The first-order valence-electron chi connectivity index (χ1n) is 4.91. The van der Waals surface area contributed by atoms with Gasteiger partial charge in [0.2, 0.25) is 0 Å². The van der Waals surface area contributed by atoms with Crippen molar-refractivity contribution in [3.63, 3.8) is 0 Å². The molecule has 15 heavy (non-hydrogen) atoms. The van der Waals surface area contributed by atoms with E-state index < -0.39 is 0 Å². The Labute approximate surface area is 89.3 Å². The molecule has 0 N–H and O–H groups in total. The second-order valence-corrected chi connectivity index (χ2v) is 3.20. The predicted octanol–water partition coefficient (Wildman–Crippen LogP) is 2.73. The van der Waals surface area contributed by atoms with Crippen molar-refractivity contribution in [2.75, 3.05) is 0 Å². The SMILES string of the molecule is C1=Cc2ccccc2C1.c1cnccn1. The molecule has 1 aromatic carbocycles. The number of hydrogen-bond donors (Lipinski definition) is 0. The van der Waals surface area contributed by atoms with Crippen LogP contribution in [-0.2, 0) is 6.42 Å². The van der Waals surface area contributed by atoms with Crippen molar-refractivity contribution in [2.45, 2.75) is 6.42 Å². The molecule has 1 aliphatic carbocycles. The van der Waals surface area contributed by atoms with Gasteiger partial charge in [0.05, 0.1) is 0 Å². The van der Waals surface area contributed by atoms with Crippen LogP contribution in [0.25, 0.3) is 6.08 Å². The van der Waals surface area contributed by atoms with Gasteiger partial charge in [0.15, 0.2) is 0 Å². The smallest absolute Gasteiger partial charge is 0.0451 e. The van der Waals surface area contributed by atoms with E-state index >= 15 is 0 Å². The third-order valence-corrected chi connectivity index (χ3v) is 2.17. The molecule has 0 radical (unpaired) electrons. The standard InChI is InChI=1S/C9H8.C4H4N2/c1-2-5-9-7-3-6-8(9)4-1;1-2-6-4-3-5-1/h1-6H,7H2;1-4H. The minimum atomic E-state index is 1.12. The van der Waals surface area contributed by atoms with E-state index in [-0.39, 0.29) is 0 Å². The average molecular weight is 196 g/mol. The second kappa shape index (κ2) is 5.05. The quantitative estimate of drug-likeness (QED) is 0.647. The summed E-state index contributed by atoms with van der Waals surface area (Å²) in [6, 6.07) is 8.49. The number of rotatable bonds is 0. The van der Waals surface area contributed by atoms with Crippen LogP contribution in [0.2, 0.25) is 0 Å². The van der Waals surface area contributed by atoms with Crippen molar-refractivity contribution >= 4 is 6.08 Å². The molecule has 0 amide bonds. The van der Waals surface area contributed by atoms with Gasteiger partial charge in [-0.1, -0.05) is 36.4 Å². The normalized spacial score (nSPS) is 11.5. The van der Waals surface area contributed by atoms with Crippen molar-refractivity contribution in [1.82, 2.24) is 9.97 Å². The van der Waals surface area contributed by atoms with E-state index in [1.54, 1.807) is 24.8 Å². The van der Waals surface area contributed by atoms with Gasteiger partial charge in [-0.05, 0) is 17.5 Å². The molecule has 0 saturated carbocycles. The topological polar surface area (TPSA) is 25.8 Å². The number of aromatic nitrogens is 2. The van der Waals surface area contributed by atoms with Crippen LogP contribution in [0.5, 0.6) is 0 Å². The lowest BCUT2D eigenvalue weighted by molar-refractivity contribution is 1.20. The summed E-state index contributed by atoms with van der Waals surface area (Å²) in [7, 11) is 0. The van der Waals surface area contributed by atoms with Gasteiger partial charge in [0.1, 0.15) is 0 Å². The van der Waals surface area contributed by atoms with Crippen LogP contribution in [0.4, 0.5) is 0 Å². The van der Waals surface area contributed by atoms with Crippen molar-refractivity contribution in [2.24, 2.45) is 0 Å². The van der Waals surface area contributed by atoms with E-state index in [4.69, 9.17) is 0 Å². The van der Waals surface area contributed by atoms with E-state index in [2.05, 4.69) is 46.4 Å². The van der Waals surface area contributed by atoms with Crippen LogP contribution >= 0.6 is 0 Å². The Morgan fingerprint density at radius 2 is 1.53 bits per heavy atom. The Bertz CT molecular complexity index is 409. The molecule has 1 aliphatic rings. The lowest BCUT2D eigenvalue weighted by Crippen LogP contribution is -1.76. The molecule has 0 spiro atoms. The van der Waals surface area contributed by atoms with Crippen LogP contribution in [0.3, 0.4) is 0 Å². The highest BCUT2D eigenvalue weighted by Gasteiger charge is 2.00. The van der Waals surface area contributed by atoms with Crippen molar-refractivity contribution in [3.8, 4) is 0 Å². The molecule has 2 nitrogen and oxygen atoms in total. The van der Waals surface area contributed by atoms with Gasteiger partial charge in [-0.15, -0.1) is 0 Å². The Balaban J connectivity index is 0.000000124. The molecule has 0 atom stereocenters. The zero-order valence-electron chi connectivity index (χ0n) is 8.38. The zero-order valence-corrected chi connectivity index (χ0v) is 8.38. The summed E-state index contributed by atoms with van der Waals surface area (Å²) in [5.74, 6) is 0. The highest BCUT2D eigenvalue weighted by Crippen LogP contribution is 2.17. The lowest BCUT2D eigenvalue weighted by atomic mass is 10.1. The summed E-state index contributed by atoms with van der Waals surface area (Å²) < 4.78 is 0. The van der Waals surface area contributed by atoms with E-state index in [0.29, 0.717) is 0 Å². The summed E-state index contributed by atoms with van der Waals surface area (Å²) in [6.45, 7) is 0. The summed E-state index contributed by atoms with van der Waals surface area (Å²) in [4.78, 5) is 7.44. The third kappa shape index (κ3) is 2.74. The largest absolute Gasteiger partial charge is 0.262 e. The van der Waals surface area contributed by atoms with Crippen molar-refractivity contribution in [3.05, 3.63) is 66.3 Å². The lowest BCUT2D eigenvalue weighted by Gasteiger charge is -1.93. The molecule has 1 heterocycles. The maximum Gasteiger partial charge on any atom is 0.0451 e. The Morgan fingerprint density at radius 3 is 2.13 bits per heavy atom. The van der Waals surface area contributed by atoms with Gasteiger partial charge in [-0.2, -0.15) is 0 Å². The van der Waals surface area contributed by atoms with Gasteiger partial charge < -0.3 is 0 Å². The fraction of sp³-hybridized carbons (Fsp3) is 0.0769. The number of fused-ring (bicyclic) bond motifs is 1. The number of allylic oxidation sites excluding steroid dienone is 1. The van der Waals surface area contributed by atoms with Crippen LogP contribution in [0.1, 0.15) is 11.1 Å². The highest BCUT2D eigenvalue weighted by molar-refractivity contribution is 5.59. The first-order chi connectivity index (χ1) is 7.47. The fourth-order valence-electron chi connectivity index (χ4n) is 1.45. The summed E-state index contributed by atoms with van der Waals surface area (Å²) >= 11 is 0. The van der Waals surface area contributed by atoms with Crippen LogP contribution in [0, 0.1) is 0 Å². The molecule has 0 saturated heterocycles. The van der Waals surface area contributed by atoms with Crippen molar-refractivity contribution < 1.29 is 0 Å². The maximum atomic E-state index is 3.72. The molecule has 0 bridgehead atoms. The first kappa shape index (κ1) is 9.59. The van der Waals surface area contributed by atoms with Crippen LogP contribution in [-0.4, -0.2) is 9.97 Å². The molecule has 2 aromatic rings. The van der Waals surface area contributed by atoms with E-state index in [1.807, 2.05) is 0 Å². The second-order valence-electron chi connectivity index (χ2n) is 3.20. The molecular weight excluding hydrogens is 184 g/mol. The Kier molecular flexibility index (Phi) is 3.23. The number of benzene rings is 1. The van der Waals surface area contributed by atoms with E-state index in [9.17, 15) is 0 Å². The van der Waals surface area contributed by atoms with Crippen LogP contribution in [0.15, 0.2) is 55.1 Å². The molecule has 74 valence electrons. The molecule has 2 heteroatoms. The van der Waals surface area contributed by atoms with Gasteiger partial charge >= 0.3 is 0 Å². The summed E-state index contributed by atoms with van der Waals surface area (Å²) in [6.07, 6.45) is 12.1. The van der Waals surface area contributed by atoms with E-state index in [0.717, 1.165) is 6.42 Å². The minimum absolute atomic E-state index is 1.12. The van der Waals surface area contributed by atoms with E-state index in [1.165, 1.54) is 11.1 Å². The van der Waals surface area contributed by atoms with Crippen LogP contribution < -0.4 is 0 Å². The molecule has 0 fully saturated rings. The molecule has 0 unspecified atom stereocenters. The third-order valence-electron chi connectivity index (χ3n) is 2.17. The Hall–Kier alpha value is -1.96. The van der Waals surface area contributed by atoms with Gasteiger partial charge in [-0.3, -0.25) is 9.97 Å². The number of nitrogens with zero attached hydrogens (tertiary/aromatic N) is 2. The summed E-state index contributed by atoms with van der Waals surface area (Å²) in [5.41, 5.74) is 2.84. The van der Waals surface area contributed by atoms with Gasteiger partial charge in [-0.25, -0.2) is 0 Å². The maximum absolute atomic E-state index is 3.72. The zero-order chi connectivity index (χ0) is 10.3. The van der Waals surface area contributed by atoms with Gasteiger partial charge in [0.25, 0.3) is 0 Å². The number of hydrogen-bond acceptors (Lipinski definition) is 2. The first-order valence-corrected chi connectivity index (χ1v) is 4.91. The Morgan fingerprint density at radius 1 is 0.867 bits per heavy atom. The molecule has 0 aliphatic heterocycles. The molecule has 1 aromatic heterocycles. The van der Waals surface area contributed by atoms with Crippen molar-refractivity contribution in [1.29, 1.82) is 0 Å². The molecular formula is C13H12N2. The predicted molar refractivity (Wildman–Crippen MR) is 61.2 cm³/mol.